The predicted octanol–water partition coefficient (Wildman–Crippen LogP) is 3.67. The van der Waals surface area contributed by atoms with Crippen LogP contribution >= 0.6 is 0 Å². The minimum absolute atomic E-state index is 0.0691. The maximum absolute atomic E-state index is 13.4. The van der Waals surface area contributed by atoms with Gasteiger partial charge < -0.3 is 10.2 Å². The lowest BCUT2D eigenvalue weighted by Crippen LogP contribution is -2.57. The highest BCUT2D eigenvalue weighted by molar-refractivity contribution is 5.92. The highest BCUT2D eigenvalue weighted by Gasteiger charge is 2.41. The smallest absolute Gasteiger partial charge is 0.274 e. The minimum atomic E-state index is 0.0691. The number of carbonyl (C=O) groups excluding carboxylic acids is 1. The molecule has 27 heavy (non-hydrogen) atoms. The molecule has 1 aromatic heterocycles. The summed E-state index contributed by atoms with van der Waals surface area (Å²) in [6.45, 7) is 6.05. The van der Waals surface area contributed by atoms with Gasteiger partial charge >= 0.3 is 0 Å². The van der Waals surface area contributed by atoms with Gasteiger partial charge in [-0.15, -0.1) is 0 Å². The van der Waals surface area contributed by atoms with Gasteiger partial charge in [0.15, 0.2) is 0 Å². The molecule has 3 atom stereocenters. The standard InChI is InChI=1S/C22H30N4O/c1-15(2)19-14-20(25-24-19)22(27)26-13-7-6-10-18-21(26)17(11-12-23-18)16-8-4-3-5-9-16/h3-5,8-9,14-15,17-18,21,23H,6-7,10-13H2,1-2H3,(H,24,25)/t17-,18-,21-/m1/s1. The number of H-pyrrole nitrogens is 1. The zero-order chi connectivity index (χ0) is 18.8. The summed E-state index contributed by atoms with van der Waals surface area (Å²) in [5, 5.41) is 11.1. The van der Waals surface area contributed by atoms with Gasteiger partial charge in [-0.25, -0.2) is 0 Å². The van der Waals surface area contributed by atoms with E-state index in [0.717, 1.165) is 44.5 Å². The molecule has 2 aromatic rings. The molecule has 2 aliphatic rings. The van der Waals surface area contributed by atoms with Crippen molar-refractivity contribution in [2.75, 3.05) is 13.1 Å². The Morgan fingerprint density at radius 2 is 2.00 bits per heavy atom. The molecule has 0 unspecified atom stereocenters. The quantitative estimate of drug-likeness (QED) is 0.871. The van der Waals surface area contributed by atoms with Crippen molar-refractivity contribution in [3.8, 4) is 0 Å². The number of benzene rings is 1. The molecule has 0 bridgehead atoms. The average Bonchev–Trinajstić information content (AvgIpc) is 3.09. The van der Waals surface area contributed by atoms with Gasteiger partial charge in [0, 0.05) is 24.2 Å². The van der Waals surface area contributed by atoms with Gasteiger partial charge in [0.2, 0.25) is 0 Å². The number of rotatable bonds is 3. The van der Waals surface area contributed by atoms with Gasteiger partial charge in [-0.3, -0.25) is 9.89 Å². The zero-order valence-corrected chi connectivity index (χ0v) is 16.3. The number of fused-ring (bicyclic) bond motifs is 1. The van der Waals surface area contributed by atoms with E-state index in [1.54, 1.807) is 0 Å². The Morgan fingerprint density at radius 1 is 1.19 bits per heavy atom. The summed E-state index contributed by atoms with van der Waals surface area (Å²) in [6, 6.07) is 13.2. The third-order valence-corrected chi connectivity index (χ3v) is 6.14. The minimum Gasteiger partial charge on any atom is -0.332 e. The molecule has 2 fully saturated rings. The second kappa shape index (κ2) is 7.85. The highest BCUT2D eigenvalue weighted by atomic mass is 16.2. The van der Waals surface area contributed by atoms with Crippen LogP contribution in [-0.4, -0.2) is 46.2 Å². The number of hydrogen-bond acceptors (Lipinski definition) is 3. The molecule has 2 saturated heterocycles. The maximum Gasteiger partial charge on any atom is 0.274 e. The third-order valence-electron chi connectivity index (χ3n) is 6.14. The fraction of sp³-hybridized carbons (Fsp3) is 0.545. The number of amides is 1. The lowest BCUT2D eigenvalue weighted by molar-refractivity contribution is 0.0569. The molecule has 0 radical (unpaired) electrons. The summed E-state index contributed by atoms with van der Waals surface area (Å²) >= 11 is 0. The van der Waals surface area contributed by atoms with Crippen LogP contribution in [0.4, 0.5) is 0 Å². The summed E-state index contributed by atoms with van der Waals surface area (Å²) < 4.78 is 0. The lowest BCUT2D eigenvalue weighted by atomic mass is 9.80. The Labute approximate surface area is 161 Å². The van der Waals surface area contributed by atoms with E-state index in [9.17, 15) is 4.79 Å². The van der Waals surface area contributed by atoms with E-state index in [0.29, 0.717) is 23.6 Å². The molecule has 0 spiro atoms. The largest absolute Gasteiger partial charge is 0.332 e. The SMILES string of the molecule is CC(C)c1cc(C(=O)N2CCCC[C@H]3NCC[C@H](c4ccccc4)[C@H]32)n[nH]1. The Bertz CT molecular complexity index is 770. The lowest BCUT2D eigenvalue weighted by Gasteiger charge is -2.44. The van der Waals surface area contributed by atoms with E-state index in [2.05, 4.69) is 64.6 Å². The first-order valence-corrected chi connectivity index (χ1v) is 10.3. The monoisotopic (exact) mass is 366 g/mol. The molecule has 144 valence electrons. The topological polar surface area (TPSA) is 61.0 Å². The summed E-state index contributed by atoms with van der Waals surface area (Å²) in [7, 11) is 0. The molecule has 1 amide bonds. The van der Waals surface area contributed by atoms with Crippen LogP contribution in [0.3, 0.4) is 0 Å². The van der Waals surface area contributed by atoms with Crippen molar-refractivity contribution < 1.29 is 4.79 Å². The van der Waals surface area contributed by atoms with Crippen LogP contribution in [0.25, 0.3) is 0 Å². The molecule has 2 N–H and O–H groups in total. The third kappa shape index (κ3) is 3.65. The van der Waals surface area contributed by atoms with Gasteiger partial charge in [-0.05, 0) is 43.4 Å². The van der Waals surface area contributed by atoms with Gasteiger partial charge in [0.1, 0.15) is 5.69 Å². The molecule has 5 nitrogen and oxygen atoms in total. The van der Waals surface area contributed by atoms with Gasteiger partial charge in [0.25, 0.3) is 5.91 Å². The number of carbonyl (C=O) groups is 1. The first-order valence-electron chi connectivity index (χ1n) is 10.3. The molecular weight excluding hydrogens is 336 g/mol. The number of likely N-dealkylation sites (tertiary alicyclic amines) is 1. The van der Waals surface area contributed by atoms with Crippen molar-refractivity contribution in [3.63, 3.8) is 0 Å². The van der Waals surface area contributed by atoms with Gasteiger partial charge in [-0.2, -0.15) is 5.10 Å². The summed E-state index contributed by atoms with van der Waals surface area (Å²) in [4.78, 5) is 15.5. The second-order valence-electron chi connectivity index (χ2n) is 8.21. The fourth-order valence-electron chi connectivity index (χ4n) is 4.69. The molecule has 2 aliphatic heterocycles. The zero-order valence-electron chi connectivity index (χ0n) is 16.3. The predicted molar refractivity (Wildman–Crippen MR) is 107 cm³/mol. The number of piperidine rings is 1. The molecule has 3 heterocycles. The Hall–Kier alpha value is -2.14. The number of nitrogens with one attached hydrogen (secondary N) is 2. The molecule has 5 heteroatoms. The van der Waals surface area contributed by atoms with E-state index in [1.165, 1.54) is 5.56 Å². The van der Waals surface area contributed by atoms with Crippen LogP contribution in [-0.2, 0) is 0 Å². The van der Waals surface area contributed by atoms with Crippen molar-refractivity contribution in [1.29, 1.82) is 0 Å². The maximum atomic E-state index is 13.4. The van der Waals surface area contributed by atoms with Crippen LogP contribution in [0.5, 0.6) is 0 Å². The van der Waals surface area contributed by atoms with Crippen LogP contribution in [0.2, 0.25) is 0 Å². The van der Waals surface area contributed by atoms with E-state index in [4.69, 9.17) is 0 Å². The van der Waals surface area contributed by atoms with Crippen LogP contribution in [0.1, 0.15) is 73.1 Å². The summed E-state index contributed by atoms with van der Waals surface area (Å²) in [5.74, 6) is 0.784. The van der Waals surface area contributed by atoms with Crippen molar-refractivity contribution in [2.45, 2.75) is 63.5 Å². The van der Waals surface area contributed by atoms with E-state index < -0.39 is 0 Å². The molecule has 0 saturated carbocycles. The number of aromatic nitrogens is 2. The number of aromatic amines is 1. The molecule has 4 rings (SSSR count). The van der Waals surface area contributed by atoms with Crippen molar-refractivity contribution in [2.24, 2.45) is 0 Å². The van der Waals surface area contributed by atoms with E-state index in [1.807, 2.05) is 6.07 Å². The summed E-state index contributed by atoms with van der Waals surface area (Å²) in [6.07, 6.45) is 4.42. The van der Waals surface area contributed by atoms with Crippen molar-refractivity contribution in [1.82, 2.24) is 20.4 Å². The molecular formula is C22H30N4O. The number of nitrogens with zero attached hydrogens (tertiary/aromatic N) is 2. The van der Waals surface area contributed by atoms with Crippen LogP contribution in [0.15, 0.2) is 36.4 Å². The van der Waals surface area contributed by atoms with Crippen LogP contribution < -0.4 is 5.32 Å². The number of hydrogen-bond donors (Lipinski definition) is 2. The Kier molecular flexibility index (Phi) is 5.30. The van der Waals surface area contributed by atoms with Gasteiger partial charge in [-0.1, -0.05) is 50.6 Å². The second-order valence-corrected chi connectivity index (χ2v) is 8.21. The normalized spacial score (nSPS) is 25.9. The Morgan fingerprint density at radius 3 is 2.74 bits per heavy atom. The fourth-order valence-corrected chi connectivity index (χ4v) is 4.69. The Balaban J connectivity index is 1.67. The first kappa shape index (κ1) is 18.2. The average molecular weight is 367 g/mol. The molecule has 0 aliphatic carbocycles. The summed E-state index contributed by atoms with van der Waals surface area (Å²) in [5.41, 5.74) is 2.92. The first-order chi connectivity index (χ1) is 13.1. The van der Waals surface area contributed by atoms with Crippen molar-refractivity contribution >= 4 is 5.91 Å². The van der Waals surface area contributed by atoms with E-state index >= 15 is 0 Å². The van der Waals surface area contributed by atoms with Crippen molar-refractivity contribution in [3.05, 3.63) is 53.3 Å². The van der Waals surface area contributed by atoms with Gasteiger partial charge in [0.05, 0.1) is 6.04 Å². The van der Waals surface area contributed by atoms with E-state index in [-0.39, 0.29) is 11.9 Å². The van der Waals surface area contributed by atoms with Crippen LogP contribution in [0, 0.1) is 0 Å². The highest BCUT2D eigenvalue weighted by Crippen LogP contribution is 2.36. The molecule has 1 aromatic carbocycles.